The van der Waals surface area contributed by atoms with E-state index in [4.69, 9.17) is 11.6 Å². The lowest BCUT2D eigenvalue weighted by molar-refractivity contribution is -0.140. The van der Waals surface area contributed by atoms with Crippen LogP contribution in [0.3, 0.4) is 0 Å². The van der Waals surface area contributed by atoms with Crippen molar-refractivity contribution in [2.45, 2.75) is 45.6 Å². The van der Waals surface area contributed by atoms with Crippen LogP contribution in [0.25, 0.3) is 0 Å². The Balaban J connectivity index is 2.33. The molecule has 2 fully saturated rings. The van der Waals surface area contributed by atoms with Gasteiger partial charge in [0.25, 0.3) is 0 Å². The maximum absolute atomic E-state index is 11.9. The van der Waals surface area contributed by atoms with Gasteiger partial charge in [-0.1, -0.05) is 13.8 Å². The Morgan fingerprint density at radius 1 is 1.31 bits per heavy atom. The van der Waals surface area contributed by atoms with Crippen LogP contribution >= 0.6 is 11.6 Å². The zero-order valence-electron chi connectivity index (χ0n) is 10.7. The fraction of sp³-hybridized carbons (Fsp3) is 0.923. The maximum atomic E-state index is 11.9. The summed E-state index contributed by atoms with van der Waals surface area (Å²) in [5.41, 5.74) is 0.203. The van der Waals surface area contributed by atoms with E-state index in [1.807, 2.05) is 11.9 Å². The predicted octanol–water partition coefficient (Wildman–Crippen LogP) is 2.90. The summed E-state index contributed by atoms with van der Waals surface area (Å²) in [7, 11) is 1.92. The quantitative estimate of drug-likeness (QED) is 0.683. The molecule has 0 spiro atoms. The molecule has 3 unspecified atom stereocenters. The first-order valence-corrected chi connectivity index (χ1v) is 6.71. The second-order valence-corrected chi connectivity index (χ2v) is 6.43. The van der Waals surface area contributed by atoms with Crippen molar-refractivity contribution in [1.29, 1.82) is 0 Å². The van der Waals surface area contributed by atoms with Gasteiger partial charge in [-0.05, 0) is 43.4 Å². The van der Waals surface area contributed by atoms with Crippen LogP contribution in [-0.2, 0) is 4.79 Å². The Labute approximate surface area is 103 Å². The molecule has 1 amide bonds. The molecule has 0 heterocycles. The van der Waals surface area contributed by atoms with Gasteiger partial charge in [0.15, 0.2) is 0 Å². The van der Waals surface area contributed by atoms with E-state index in [1.54, 1.807) is 0 Å². The molecule has 0 aromatic rings. The average molecular weight is 244 g/mol. The maximum Gasteiger partial charge on any atom is 0.237 e. The number of hydrogen-bond acceptors (Lipinski definition) is 1. The molecule has 0 aliphatic heterocycles. The van der Waals surface area contributed by atoms with E-state index in [2.05, 4.69) is 20.8 Å². The molecule has 2 nitrogen and oxygen atoms in total. The minimum Gasteiger partial charge on any atom is -0.339 e. The molecule has 0 radical (unpaired) electrons. The summed E-state index contributed by atoms with van der Waals surface area (Å²) >= 11 is 5.69. The van der Waals surface area contributed by atoms with Crippen LogP contribution in [0.2, 0.25) is 0 Å². The van der Waals surface area contributed by atoms with E-state index in [-0.39, 0.29) is 22.7 Å². The van der Waals surface area contributed by atoms with Gasteiger partial charge in [0, 0.05) is 12.6 Å². The van der Waals surface area contributed by atoms with Gasteiger partial charge < -0.3 is 4.90 Å². The van der Waals surface area contributed by atoms with Gasteiger partial charge in [0.2, 0.25) is 5.91 Å². The fourth-order valence-electron chi connectivity index (χ4n) is 4.14. The Kier molecular flexibility index (Phi) is 2.77. The van der Waals surface area contributed by atoms with Crippen molar-refractivity contribution in [2.24, 2.45) is 17.3 Å². The van der Waals surface area contributed by atoms with Gasteiger partial charge in [-0.25, -0.2) is 0 Å². The van der Waals surface area contributed by atoms with Crippen LogP contribution in [0.1, 0.15) is 40.0 Å². The molecule has 92 valence electrons. The lowest BCUT2D eigenvalue weighted by Gasteiger charge is -2.52. The van der Waals surface area contributed by atoms with E-state index >= 15 is 0 Å². The molecule has 16 heavy (non-hydrogen) atoms. The number of fused-ring (bicyclic) bond motifs is 2. The molecule has 2 bridgehead atoms. The number of amides is 1. The predicted molar refractivity (Wildman–Crippen MR) is 66.5 cm³/mol. The number of carbonyl (C=O) groups is 1. The molecule has 0 aromatic heterocycles. The second kappa shape index (κ2) is 3.63. The molecule has 0 aromatic carbocycles. The lowest BCUT2D eigenvalue weighted by atomic mass is 9.63. The monoisotopic (exact) mass is 243 g/mol. The Morgan fingerprint density at radius 3 is 2.31 bits per heavy atom. The molecule has 0 saturated heterocycles. The third-order valence-corrected chi connectivity index (χ3v) is 5.97. The second-order valence-electron chi connectivity index (χ2n) is 6.16. The first kappa shape index (κ1) is 12.2. The van der Waals surface area contributed by atoms with Crippen LogP contribution in [-0.4, -0.2) is 29.3 Å². The minimum absolute atomic E-state index is 0.0120. The van der Waals surface area contributed by atoms with Crippen molar-refractivity contribution in [3.63, 3.8) is 0 Å². The molecule has 2 aliphatic rings. The Hall–Kier alpha value is -0.240. The van der Waals surface area contributed by atoms with E-state index in [0.29, 0.717) is 5.92 Å². The standard InChI is InChI=1S/C13H22ClNO/c1-12(2)9-5-6-10(7-9)13(12,3)15(4)11(16)8-14/h9-10H,5-8H2,1-4H3. The normalized spacial score (nSPS) is 40.1. The average Bonchev–Trinajstić information content (AvgIpc) is 2.80. The first-order valence-electron chi connectivity index (χ1n) is 6.18. The summed E-state index contributed by atoms with van der Waals surface area (Å²) < 4.78 is 0. The van der Waals surface area contributed by atoms with Crippen molar-refractivity contribution in [3.05, 3.63) is 0 Å². The van der Waals surface area contributed by atoms with Gasteiger partial charge in [-0.2, -0.15) is 0 Å². The summed E-state index contributed by atoms with van der Waals surface area (Å²) in [5.74, 6) is 1.59. The van der Waals surface area contributed by atoms with Gasteiger partial charge in [-0.15, -0.1) is 11.6 Å². The van der Waals surface area contributed by atoms with Crippen molar-refractivity contribution < 1.29 is 4.79 Å². The zero-order chi connectivity index (χ0) is 12.1. The van der Waals surface area contributed by atoms with Crippen molar-refractivity contribution in [1.82, 2.24) is 4.90 Å². The van der Waals surface area contributed by atoms with E-state index < -0.39 is 0 Å². The van der Waals surface area contributed by atoms with Gasteiger partial charge in [0.1, 0.15) is 5.88 Å². The molecule has 2 saturated carbocycles. The topological polar surface area (TPSA) is 20.3 Å². The molecule has 2 aliphatic carbocycles. The SMILES string of the molecule is CN(C(=O)CCl)C1(C)C2CCC(C2)C1(C)C. The number of carbonyl (C=O) groups excluding carboxylic acids is 1. The zero-order valence-corrected chi connectivity index (χ0v) is 11.5. The number of hydrogen-bond donors (Lipinski definition) is 0. The van der Waals surface area contributed by atoms with Crippen molar-refractivity contribution in [3.8, 4) is 0 Å². The van der Waals surface area contributed by atoms with Crippen LogP contribution in [0, 0.1) is 17.3 Å². The first-order chi connectivity index (χ1) is 7.35. The number of halogens is 1. The van der Waals surface area contributed by atoms with E-state index in [0.717, 1.165) is 5.92 Å². The molecule has 0 N–H and O–H groups in total. The highest BCUT2D eigenvalue weighted by atomic mass is 35.5. The van der Waals surface area contributed by atoms with Crippen molar-refractivity contribution in [2.75, 3.05) is 12.9 Å². The van der Waals surface area contributed by atoms with Crippen LogP contribution in [0.4, 0.5) is 0 Å². The fourth-order valence-corrected chi connectivity index (χ4v) is 4.32. The summed E-state index contributed by atoms with van der Waals surface area (Å²) in [6.45, 7) is 6.88. The summed E-state index contributed by atoms with van der Waals surface area (Å²) in [6.07, 6.45) is 3.88. The number of alkyl halides is 1. The highest BCUT2D eigenvalue weighted by molar-refractivity contribution is 6.27. The molecular formula is C13H22ClNO. The highest BCUT2D eigenvalue weighted by Gasteiger charge is 2.62. The van der Waals surface area contributed by atoms with Crippen LogP contribution in [0.5, 0.6) is 0 Å². The molecule has 2 rings (SSSR count). The third kappa shape index (κ3) is 1.28. The third-order valence-electron chi connectivity index (χ3n) is 5.74. The molecule has 3 heteroatoms. The van der Waals surface area contributed by atoms with Crippen molar-refractivity contribution >= 4 is 17.5 Å². The Morgan fingerprint density at radius 2 is 1.88 bits per heavy atom. The summed E-state index contributed by atoms with van der Waals surface area (Å²) in [5, 5.41) is 0. The van der Waals surface area contributed by atoms with Crippen LogP contribution in [0.15, 0.2) is 0 Å². The largest absolute Gasteiger partial charge is 0.339 e. The lowest BCUT2D eigenvalue weighted by Crippen LogP contribution is -2.60. The van der Waals surface area contributed by atoms with Gasteiger partial charge in [0.05, 0.1) is 0 Å². The van der Waals surface area contributed by atoms with Gasteiger partial charge >= 0.3 is 0 Å². The van der Waals surface area contributed by atoms with E-state index in [1.165, 1.54) is 19.3 Å². The summed E-state index contributed by atoms with van der Waals surface area (Å²) in [4.78, 5) is 13.8. The number of nitrogens with zero attached hydrogens (tertiary/aromatic N) is 1. The minimum atomic E-state index is -0.0120. The van der Waals surface area contributed by atoms with E-state index in [9.17, 15) is 4.79 Å². The molecular weight excluding hydrogens is 222 g/mol. The number of rotatable bonds is 2. The Bertz CT molecular complexity index is 315. The van der Waals surface area contributed by atoms with Gasteiger partial charge in [-0.3, -0.25) is 4.79 Å². The highest BCUT2D eigenvalue weighted by Crippen LogP contribution is 2.63. The van der Waals surface area contributed by atoms with Crippen LogP contribution < -0.4 is 0 Å². The molecule has 3 atom stereocenters. The smallest absolute Gasteiger partial charge is 0.237 e. The summed E-state index contributed by atoms with van der Waals surface area (Å²) in [6, 6.07) is 0.